The van der Waals surface area contributed by atoms with E-state index in [1.54, 1.807) is 12.1 Å². The molecule has 1 aliphatic rings. The number of ether oxygens (including phenoxy) is 3. The molecule has 0 atom stereocenters. The van der Waals surface area contributed by atoms with Gasteiger partial charge in [0.05, 0.1) is 23.8 Å². The molecule has 0 fully saturated rings. The van der Waals surface area contributed by atoms with Gasteiger partial charge < -0.3 is 14.2 Å². The molecule has 28 heavy (non-hydrogen) atoms. The molecular formula is C20H15ClF2O5. The summed E-state index contributed by atoms with van der Waals surface area (Å²) in [5, 5.41) is 0.342. The Labute approximate surface area is 164 Å². The maximum Gasteiger partial charge on any atom is 0.331 e. The van der Waals surface area contributed by atoms with Gasteiger partial charge in [0, 0.05) is 18.6 Å². The maximum absolute atomic E-state index is 13.5. The van der Waals surface area contributed by atoms with E-state index < -0.39 is 30.0 Å². The second kappa shape index (κ2) is 8.84. The Balaban J connectivity index is 1.61. The number of carbonyl (C=O) groups excluding carboxylic acids is 2. The van der Waals surface area contributed by atoms with Crippen LogP contribution in [0, 0.1) is 11.6 Å². The van der Waals surface area contributed by atoms with Crippen molar-refractivity contribution in [2.75, 3.05) is 19.8 Å². The molecule has 0 spiro atoms. The zero-order valence-corrected chi connectivity index (χ0v) is 15.3. The van der Waals surface area contributed by atoms with Crippen molar-refractivity contribution in [1.29, 1.82) is 0 Å². The van der Waals surface area contributed by atoms with Crippen LogP contribution in [-0.4, -0.2) is 31.6 Å². The van der Waals surface area contributed by atoms with E-state index >= 15 is 0 Å². The van der Waals surface area contributed by atoms with E-state index in [0.29, 0.717) is 41.4 Å². The van der Waals surface area contributed by atoms with E-state index in [1.807, 2.05) is 0 Å². The van der Waals surface area contributed by atoms with E-state index in [2.05, 4.69) is 0 Å². The first-order valence-electron chi connectivity index (χ1n) is 8.36. The Morgan fingerprint density at radius 3 is 2.71 bits per heavy atom. The summed E-state index contributed by atoms with van der Waals surface area (Å²) in [6.45, 7) is 0.311. The average Bonchev–Trinajstić information content (AvgIpc) is 2.90. The van der Waals surface area contributed by atoms with Crippen molar-refractivity contribution in [2.24, 2.45) is 0 Å². The predicted molar refractivity (Wildman–Crippen MR) is 97.7 cm³/mol. The minimum absolute atomic E-state index is 0.342. The molecular weight excluding hydrogens is 394 g/mol. The summed E-state index contributed by atoms with van der Waals surface area (Å²) in [6.07, 6.45) is 3.26. The van der Waals surface area contributed by atoms with Gasteiger partial charge in [0.2, 0.25) is 5.78 Å². The lowest BCUT2D eigenvalue weighted by atomic mass is 10.1. The molecule has 0 saturated carbocycles. The van der Waals surface area contributed by atoms with Crippen LogP contribution in [0.3, 0.4) is 0 Å². The zero-order chi connectivity index (χ0) is 20.1. The van der Waals surface area contributed by atoms with Gasteiger partial charge >= 0.3 is 5.97 Å². The Hall–Kier alpha value is -2.93. The fourth-order valence-electron chi connectivity index (χ4n) is 2.49. The van der Waals surface area contributed by atoms with Gasteiger partial charge in [-0.1, -0.05) is 11.6 Å². The van der Waals surface area contributed by atoms with Crippen LogP contribution in [-0.2, 0) is 9.53 Å². The monoisotopic (exact) mass is 408 g/mol. The highest BCUT2D eigenvalue weighted by molar-refractivity contribution is 6.32. The third kappa shape index (κ3) is 4.86. The van der Waals surface area contributed by atoms with Crippen LogP contribution < -0.4 is 9.47 Å². The molecule has 0 aliphatic carbocycles. The molecule has 5 nitrogen and oxygen atoms in total. The minimum atomic E-state index is -1.02. The van der Waals surface area contributed by atoms with E-state index in [4.69, 9.17) is 25.8 Å². The number of rotatable bonds is 5. The van der Waals surface area contributed by atoms with Gasteiger partial charge in [-0.3, -0.25) is 4.79 Å². The highest BCUT2D eigenvalue weighted by Gasteiger charge is 2.16. The standard InChI is InChI=1S/C20H15ClF2O5/c21-15-8-12(9-18-20(15)27-7-1-6-26-18)2-5-19(25)28-11-17(24)14-4-3-13(22)10-16(14)23/h2-5,8-10H,1,6-7,11H2/b5-2+. The van der Waals surface area contributed by atoms with Crippen molar-refractivity contribution in [1.82, 2.24) is 0 Å². The van der Waals surface area contributed by atoms with Crippen molar-refractivity contribution < 1.29 is 32.6 Å². The number of benzene rings is 2. The van der Waals surface area contributed by atoms with Crippen LogP contribution in [0.1, 0.15) is 22.3 Å². The Kier molecular flexibility index (Phi) is 6.26. The van der Waals surface area contributed by atoms with Gasteiger partial charge in [-0.2, -0.15) is 0 Å². The van der Waals surface area contributed by atoms with Crippen LogP contribution in [0.5, 0.6) is 11.5 Å². The maximum atomic E-state index is 13.5. The zero-order valence-electron chi connectivity index (χ0n) is 14.5. The first kappa shape index (κ1) is 19.8. The number of carbonyl (C=O) groups is 2. The van der Waals surface area contributed by atoms with Gasteiger partial charge in [-0.05, 0) is 35.9 Å². The van der Waals surface area contributed by atoms with Gasteiger partial charge in [0.25, 0.3) is 0 Å². The lowest BCUT2D eigenvalue weighted by Crippen LogP contribution is -2.14. The number of fused-ring (bicyclic) bond motifs is 1. The lowest BCUT2D eigenvalue weighted by Gasteiger charge is -2.09. The molecule has 8 heteroatoms. The van der Waals surface area contributed by atoms with Crippen LogP contribution in [0.25, 0.3) is 6.08 Å². The summed E-state index contributed by atoms with van der Waals surface area (Å²) in [7, 11) is 0. The quantitative estimate of drug-likeness (QED) is 0.421. The smallest absolute Gasteiger partial charge is 0.331 e. The van der Waals surface area contributed by atoms with Crippen LogP contribution in [0.2, 0.25) is 5.02 Å². The van der Waals surface area contributed by atoms with Crippen molar-refractivity contribution in [2.45, 2.75) is 6.42 Å². The summed E-state index contributed by atoms with van der Waals surface area (Å²) in [4.78, 5) is 23.7. The summed E-state index contributed by atoms with van der Waals surface area (Å²) < 4.78 is 42.3. The summed E-state index contributed by atoms with van der Waals surface area (Å²) >= 11 is 6.17. The molecule has 0 saturated heterocycles. The topological polar surface area (TPSA) is 61.8 Å². The molecule has 2 aromatic carbocycles. The molecule has 0 unspecified atom stereocenters. The average molecular weight is 409 g/mol. The van der Waals surface area contributed by atoms with Crippen LogP contribution in [0.4, 0.5) is 8.78 Å². The van der Waals surface area contributed by atoms with Gasteiger partial charge in [0.15, 0.2) is 18.1 Å². The highest BCUT2D eigenvalue weighted by atomic mass is 35.5. The van der Waals surface area contributed by atoms with E-state index in [9.17, 15) is 18.4 Å². The molecule has 0 N–H and O–H groups in total. The molecule has 2 aromatic rings. The predicted octanol–water partition coefficient (Wildman–Crippen LogP) is 4.22. The number of hydrogen-bond acceptors (Lipinski definition) is 5. The highest BCUT2D eigenvalue weighted by Crippen LogP contribution is 2.38. The normalized spacial score (nSPS) is 13.2. The number of hydrogen-bond donors (Lipinski definition) is 0. The SMILES string of the molecule is O=C(/C=C/c1cc(Cl)c2c(c1)OCCCO2)OCC(=O)c1ccc(F)cc1F. The van der Waals surface area contributed by atoms with Crippen LogP contribution >= 0.6 is 11.6 Å². The van der Waals surface area contributed by atoms with Crippen molar-refractivity contribution in [3.05, 3.63) is 64.2 Å². The first-order chi connectivity index (χ1) is 13.4. The second-order valence-corrected chi connectivity index (χ2v) is 6.28. The Morgan fingerprint density at radius 1 is 1.14 bits per heavy atom. The molecule has 1 heterocycles. The van der Waals surface area contributed by atoms with Crippen LogP contribution in [0.15, 0.2) is 36.4 Å². The van der Waals surface area contributed by atoms with Crippen molar-refractivity contribution in [3.63, 3.8) is 0 Å². The van der Waals surface area contributed by atoms with Gasteiger partial charge in [0.1, 0.15) is 11.6 Å². The lowest BCUT2D eigenvalue weighted by molar-refractivity contribution is -0.136. The largest absolute Gasteiger partial charge is 0.489 e. The Morgan fingerprint density at radius 2 is 1.93 bits per heavy atom. The third-order valence-corrected chi connectivity index (χ3v) is 4.09. The fourth-order valence-corrected chi connectivity index (χ4v) is 2.76. The van der Waals surface area contributed by atoms with E-state index in [0.717, 1.165) is 24.6 Å². The number of Topliss-reactive ketones (excluding diaryl/α,β-unsaturated/α-hetero) is 1. The molecule has 1 aliphatic heterocycles. The van der Waals surface area contributed by atoms with Crippen molar-refractivity contribution in [3.8, 4) is 11.5 Å². The molecule has 146 valence electrons. The molecule has 3 rings (SSSR count). The third-order valence-electron chi connectivity index (χ3n) is 3.81. The molecule has 0 bridgehead atoms. The number of esters is 1. The first-order valence-corrected chi connectivity index (χ1v) is 8.74. The Bertz CT molecular complexity index is 942. The van der Waals surface area contributed by atoms with E-state index in [1.165, 1.54) is 6.08 Å². The molecule has 0 radical (unpaired) electrons. The summed E-state index contributed by atoms with van der Waals surface area (Å²) in [5.74, 6) is -2.48. The number of ketones is 1. The number of halogens is 3. The second-order valence-electron chi connectivity index (χ2n) is 5.87. The minimum Gasteiger partial charge on any atom is -0.489 e. The molecule has 0 amide bonds. The molecule has 0 aromatic heterocycles. The van der Waals surface area contributed by atoms with E-state index in [-0.39, 0.29) is 5.56 Å². The summed E-state index contributed by atoms with van der Waals surface area (Å²) in [5.41, 5.74) is 0.218. The van der Waals surface area contributed by atoms with Crippen molar-refractivity contribution >= 4 is 29.4 Å². The van der Waals surface area contributed by atoms with Gasteiger partial charge in [-0.25, -0.2) is 13.6 Å². The summed E-state index contributed by atoms with van der Waals surface area (Å²) in [6, 6.07) is 5.79. The fraction of sp³-hybridized carbons (Fsp3) is 0.200. The van der Waals surface area contributed by atoms with Gasteiger partial charge in [-0.15, -0.1) is 0 Å².